The van der Waals surface area contributed by atoms with Crippen LogP contribution in [0.1, 0.15) is 29.7 Å². The highest BCUT2D eigenvalue weighted by atomic mass is 32.1. The molecular weight excluding hydrogens is 491 g/mol. The van der Waals surface area contributed by atoms with Crippen molar-refractivity contribution in [2.75, 3.05) is 50.7 Å². The van der Waals surface area contributed by atoms with Crippen LogP contribution in [0.25, 0.3) is 0 Å². The first-order valence-corrected chi connectivity index (χ1v) is 13.3. The summed E-state index contributed by atoms with van der Waals surface area (Å²) in [5.41, 5.74) is -0.0470. The Morgan fingerprint density at radius 2 is 1.86 bits per heavy atom. The van der Waals surface area contributed by atoms with Gasteiger partial charge in [0, 0.05) is 36.0 Å². The predicted octanol–water partition coefficient (Wildman–Crippen LogP) is 1.71. The van der Waals surface area contributed by atoms with Crippen molar-refractivity contribution >= 4 is 28.9 Å². The van der Waals surface area contributed by atoms with Crippen LogP contribution in [0, 0.1) is 11.8 Å². The Hall–Kier alpha value is -2.59. The molecule has 36 heavy (non-hydrogen) atoms. The van der Waals surface area contributed by atoms with Gasteiger partial charge in [-0.05, 0) is 54.3 Å². The lowest BCUT2D eigenvalue weighted by Crippen LogP contribution is -3.15. The van der Waals surface area contributed by atoms with E-state index in [1.807, 2.05) is 27.3 Å². The van der Waals surface area contributed by atoms with Crippen LogP contribution in [0.15, 0.2) is 41.8 Å². The molecule has 2 aliphatic heterocycles. The highest BCUT2D eigenvalue weighted by Crippen LogP contribution is 2.32. The van der Waals surface area contributed by atoms with Gasteiger partial charge < -0.3 is 24.6 Å². The van der Waals surface area contributed by atoms with E-state index in [1.54, 1.807) is 17.4 Å². The highest BCUT2D eigenvalue weighted by molar-refractivity contribution is 7.10. The third-order valence-corrected chi connectivity index (χ3v) is 8.33. The van der Waals surface area contributed by atoms with Crippen molar-refractivity contribution in [3.8, 4) is 0 Å². The molecule has 2 aliphatic rings. The zero-order valence-corrected chi connectivity index (χ0v) is 21.0. The third-order valence-electron chi connectivity index (χ3n) is 7.46. The van der Waals surface area contributed by atoms with Gasteiger partial charge in [-0.2, -0.15) is 13.2 Å². The highest BCUT2D eigenvalue weighted by Gasteiger charge is 2.34. The van der Waals surface area contributed by atoms with Crippen molar-refractivity contribution in [2.24, 2.45) is 11.8 Å². The van der Waals surface area contributed by atoms with Crippen molar-refractivity contribution in [1.29, 1.82) is 0 Å². The molecule has 2 saturated heterocycles. The van der Waals surface area contributed by atoms with E-state index in [4.69, 9.17) is 0 Å². The normalized spacial score (nSPS) is 21.5. The zero-order chi connectivity index (χ0) is 25.7. The number of quaternary nitrogens is 1. The second kappa shape index (κ2) is 11.6. The Morgan fingerprint density at radius 1 is 1.08 bits per heavy atom. The molecule has 10 heteroatoms. The van der Waals surface area contributed by atoms with Gasteiger partial charge in [0.05, 0.1) is 44.7 Å². The fourth-order valence-corrected chi connectivity index (χ4v) is 6.09. The summed E-state index contributed by atoms with van der Waals surface area (Å²) in [6, 6.07) is 9.34. The number of hydrogen-bond donors (Lipinski definition) is 1. The van der Waals surface area contributed by atoms with E-state index >= 15 is 0 Å². The largest absolute Gasteiger partial charge is 0.550 e. The van der Waals surface area contributed by atoms with E-state index in [2.05, 4.69) is 0 Å². The molecule has 0 radical (unpaired) electrons. The molecule has 3 heterocycles. The number of carboxylic acid groups (broad SMARTS) is 1. The monoisotopic (exact) mass is 523 g/mol. The van der Waals surface area contributed by atoms with Gasteiger partial charge in [0.2, 0.25) is 5.91 Å². The fraction of sp³-hybridized carbons (Fsp3) is 0.538. The van der Waals surface area contributed by atoms with E-state index in [9.17, 15) is 27.9 Å². The summed E-state index contributed by atoms with van der Waals surface area (Å²) in [4.78, 5) is 30.4. The van der Waals surface area contributed by atoms with E-state index in [0.29, 0.717) is 44.7 Å². The van der Waals surface area contributed by atoms with Gasteiger partial charge in [-0.1, -0.05) is 12.1 Å². The number of carbonyl (C=O) groups is 2. The maximum atomic E-state index is 13.1. The number of nitrogens with zero attached hydrogens (tertiary/aromatic N) is 2. The number of alkyl halides is 3. The van der Waals surface area contributed by atoms with Gasteiger partial charge in [-0.25, -0.2) is 0 Å². The number of piperazine rings is 1. The third kappa shape index (κ3) is 7.00. The van der Waals surface area contributed by atoms with Crippen molar-refractivity contribution in [2.45, 2.75) is 31.9 Å². The summed E-state index contributed by atoms with van der Waals surface area (Å²) < 4.78 is 39.2. The minimum Gasteiger partial charge on any atom is -0.550 e. The average molecular weight is 524 g/mol. The zero-order valence-electron chi connectivity index (χ0n) is 20.1. The minimum absolute atomic E-state index is 0.00779. The van der Waals surface area contributed by atoms with Crippen molar-refractivity contribution in [3.05, 3.63) is 52.2 Å². The molecule has 4 rings (SSSR count). The number of nitrogens with one attached hydrogen (secondary N) is 1. The lowest BCUT2D eigenvalue weighted by atomic mass is 9.81. The van der Waals surface area contributed by atoms with Gasteiger partial charge in [-0.3, -0.25) is 4.79 Å². The van der Waals surface area contributed by atoms with Gasteiger partial charge in [0.15, 0.2) is 0 Å². The second-order valence-electron chi connectivity index (χ2n) is 9.80. The van der Waals surface area contributed by atoms with Gasteiger partial charge in [0.1, 0.15) is 0 Å². The molecule has 0 unspecified atom stereocenters. The lowest BCUT2D eigenvalue weighted by Gasteiger charge is -2.40. The molecule has 1 aromatic heterocycles. The van der Waals surface area contributed by atoms with Crippen LogP contribution in [0.3, 0.4) is 0 Å². The number of amides is 1. The van der Waals surface area contributed by atoms with Gasteiger partial charge >= 0.3 is 6.18 Å². The predicted molar refractivity (Wildman–Crippen MR) is 130 cm³/mol. The summed E-state index contributed by atoms with van der Waals surface area (Å²) >= 11 is 1.56. The Balaban J connectivity index is 1.30. The Labute approximate surface area is 213 Å². The van der Waals surface area contributed by atoms with E-state index in [0.717, 1.165) is 37.0 Å². The SMILES string of the molecule is O=C([O-])C[C@@H]1CCN(C(=O)Cc2cccs2)C[C@@H]1CC[NH+]1CCN(c2cccc(C(F)(F)F)c2)CC1. The number of piperidine rings is 1. The van der Waals surface area contributed by atoms with E-state index < -0.39 is 17.7 Å². The number of aliphatic carboxylic acids is 1. The van der Waals surface area contributed by atoms with Crippen LogP contribution >= 0.6 is 11.3 Å². The number of carboxylic acids is 1. The number of thiophene rings is 1. The lowest BCUT2D eigenvalue weighted by molar-refractivity contribution is -0.901. The first-order chi connectivity index (χ1) is 17.2. The van der Waals surface area contributed by atoms with Crippen molar-refractivity contribution < 1.29 is 32.8 Å². The van der Waals surface area contributed by atoms with Gasteiger partial charge in [-0.15, -0.1) is 11.3 Å². The molecule has 6 nitrogen and oxygen atoms in total. The van der Waals surface area contributed by atoms with Crippen molar-refractivity contribution in [3.63, 3.8) is 0 Å². The first-order valence-electron chi connectivity index (χ1n) is 12.4. The van der Waals surface area contributed by atoms with Crippen LogP contribution in [0.2, 0.25) is 0 Å². The molecule has 0 aliphatic carbocycles. The minimum atomic E-state index is -4.36. The number of anilines is 1. The molecule has 1 N–H and O–H groups in total. The summed E-state index contributed by atoms with van der Waals surface area (Å²) in [6.07, 6.45) is -2.51. The molecule has 1 amide bonds. The van der Waals surface area contributed by atoms with E-state index in [1.165, 1.54) is 17.0 Å². The Morgan fingerprint density at radius 3 is 2.53 bits per heavy atom. The Kier molecular flexibility index (Phi) is 8.56. The molecular formula is C26H32F3N3O3S. The maximum Gasteiger partial charge on any atom is 0.416 e. The van der Waals surface area contributed by atoms with Crippen LogP contribution in [-0.4, -0.2) is 62.6 Å². The van der Waals surface area contributed by atoms with E-state index in [-0.39, 0.29) is 24.2 Å². The van der Waals surface area contributed by atoms with Crippen LogP contribution in [0.4, 0.5) is 18.9 Å². The molecule has 2 aromatic rings. The summed E-state index contributed by atoms with van der Waals surface area (Å²) in [7, 11) is 0. The molecule has 0 saturated carbocycles. The molecule has 2 atom stereocenters. The van der Waals surface area contributed by atoms with Crippen molar-refractivity contribution in [1.82, 2.24) is 4.90 Å². The smallest absolute Gasteiger partial charge is 0.416 e. The number of halogens is 3. The molecule has 2 fully saturated rings. The van der Waals surface area contributed by atoms with Gasteiger partial charge in [0.25, 0.3) is 0 Å². The molecule has 1 aromatic carbocycles. The summed E-state index contributed by atoms with van der Waals surface area (Å²) in [6.45, 7) is 4.90. The number of rotatable bonds is 8. The number of likely N-dealkylation sites (tertiary alicyclic amines) is 1. The first kappa shape index (κ1) is 26.5. The van der Waals surface area contributed by atoms with Crippen LogP contribution < -0.4 is 14.9 Å². The van der Waals surface area contributed by atoms with Crippen LogP contribution in [0.5, 0.6) is 0 Å². The second-order valence-corrected chi connectivity index (χ2v) is 10.8. The fourth-order valence-electron chi connectivity index (χ4n) is 5.39. The Bertz CT molecular complexity index is 1020. The number of carbonyl (C=O) groups excluding carboxylic acids is 2. The molecule has 0 bridgehead atoms. The average Bonchev–Trinajstić information content (AvgIpc) is 3.36. The number of benzene rings is 1. The maximum absolute atomic E-state index is 13.1. The molecule has 0 spiro atoms. The summed E-state index contributed by atoms with van der Waals surface area (Å²) in [5.74, 6) is -0.883. The topological polar surface area (TPSA) is 68.1 Å². The standard InChI is InChI=1S/C26H32F3N3O3S/c27-26(28,29)21-3-1-4-22(16-21)31-12-10-30(11-13-31)8-6-20-18-32(9-7-19(20)15-25(34)35)24(33)17-23-5-2-14-36-23/h1-5,14,16,19-20H,6-13,15,17-18H2,(H,34,35)/t19-,20-/m0/s1. The number of hydrogen-bond acceptors (Lipinski definition) is 5. The van der Waals surface area contributed by atoms with Crippen LogP contribution in [-0.2, 0) is 22.2 Å². The molecule has 196 valence electrons. The summed E-state index contributed by atoms with van der Waals surface area (Å²) in [5, 5.41) is 13.3. The quantitative estimate of drug-likeness (QED) is 0.572.